The normalized spacial score (nSPS) is 17.3. The summed E-state index contributed by atoms with van der Waals surface area (Å²) in [6.07, 6.45) is 1.46. The van der Waals surface area contributed by atoms with Gasteiger partial charge in [-0.3, -0.25) is 9.59 Å². The van der Waals surface area contributed by atoms with Gasteiger partial charge < -0.3 is 11.1 Å². The molecule has 0 atom stereocenters. The molecule has 1 fully saturated rings. The number of thioether (sulfide) groups is 1. The van der Waals surface area contributed by atoms with Crippen LogP contribution in [0.1, 0.15) is 15.9 Å². The molecule has 7 heteroatoms. The highest BCUT2D eigenvalue weighted by Crippen LogP contribution is 2.29. The molecule has 1 aliphatic rings. The zero-order valence-electron chi connectivity index (χ0n) is 12.3. The van der Waals surface area contributed by atoms with E-state index >= 15 is 0 Å². The average Bonchev–Trinajstić information content (AvgIpc) is 2.89. The number of para-hydroxylation sites is 1. The number of rotatable bonds is 3. The summed E-state index contributed by atoms with van der Waals surface area (Å²) in [7, 11) is 0. The quantitative estimate of drug-likeness (QED) is 0.842. The van der Waals surface area contributed by atoms with Crippen LogP contribution in [0.25, 0.3) is 6.08 Å². The lowest BCUT2D eigenvalue weighted by Crippen LogP contribution is -2.19. The zero-order chi connectivity index (χ0) is 17.1. The summed E-state index contributed by atoms with van der Waals surface area (Å²) in [6.45, 7) is 0. The third kappa shape index (κ3) is 3.36. The van der Waals surface area contributed by atoms with Gasteiger partial charge in [0.1, 0.15) is 5.82 Å². The predicted octanol–water partition coefficient (Wildman–Crippen LogP) is 2.82. The number of nitrogens with one attached hydrogen (secondary N) is 1. The third-order valence-electron chi connectivity index (χ3n) is 3.23. The van der Waals surface area contributed by atoms with Crippen molar-refractivity contribution in [1.29, 1.82) is 0 Å². The summed E-state index contributed by atoms with van der Waals surface area (Å²) in [5.74, 6) is -1.40. The van der Waals surface area contributed by atoms with E-state index in [1.54, 1.807) is 42.5 Å². The van der Waals surface area contributed by atoms with Crippen LogP contribution in [0.3, 0.4) is 0 Å². The zero-order valence-corrected chi connectivity index (χ0v) is 13.1. The number of hydrogen-bond acceptors (Lipinski definition) is 4. The maximum atomic E-state index is 13.7. The van der Waals surface area contributed by atoms with Crippen LogP contribution >= 0.6 is 11.8 Å². The Morgan fingerprint density at radius 2 is 1.88 bits per heavy atom. The van der Waals surface area contributed by atoms with E-state index in [2.05, 4.69) is 10.3 Å². The van der Waals surface area contributed by atoms with Crippen molar-refractivity contribution in [2.75, 3.05) is 0 Å². The summed E-state index contributed by atoms with van der Waals surface area (Å²) in [6, 6.07) is 12.7. The molecule has 0 unspecified atom stereocenters. The van der Waals surface area contributed by atoms with E-state index in [-0.39, 0.29) is 11.5 Å². The van der Waals surface area contributed by atoms with Crippen molar-refractivity contribution in [2.45, 2.75) is 0 Å². The SMILES string of the molecule is NC(=O)c1ccccc1N=C1NC(=O)/C(=C/c2ccccc2F)S1. The molecule has 0 spiro atoms. The highest BCUT2D eigenvalue weighted by molar-refractivity contribution is 8.18. The second-order valence-corrected chi connectivity index (χ2v) is 5.92. The van der Waals surface area contributed by atoms with Crippen molar-refractivity contribution >= 4 is 40.5 Å². The van der Waals surface area contributed by atoms with Crippen LogP contribution in [0.5, 0.6) is 0 Å². The average molecular weight is 341 g/mol. The van der Waals surface area contributed by atoms with Crippen molar-refractivity contribution in [3.8, 4) is 0 Å². The number of nitrogens with two attached hydrogens (primary N) is 1. The molecule has 1 aliphatic heterocycles. The number of benzene rings is 2. The highest BCUT2D eigenvalue weighted by atomic mass is 32.2. The number of aliphatic imine (C=N–C) groups is 1. The van der Waals surface area contributed by atoms with Crippen LogP contribution in [0.4, 0.5) is 10.1 Å². The fourth-order valence-electron chi connectivity index (χ4n) is 2.10. The summed E-state index contributed by atoms with van der Waals surface area (Å²) >= 11 is 1.07. The van der Waals surface area contributed by atoms with E-state index in [9.17, 15) is 14.0 Å². The lowest BCUT2D eigenvalue weighted by atomic mass is 10.2. The minimum Gasteiger partial charge on any atom is -0.366 e. The Balaban J connectivity index is 1.91. The smallest absolute Gasteiger partial charge is 0.264 e. The molecule has 24 heavy (non-hydrogen) atoms. The Labute approximate surface area is 141 Å². The molecule has 0 aromatic heterocycles. The Morgan fingerprint density at radius 1 is 1.17 bits per heavy atom. The molecule has 2 aromatic carbocycles. The Bertz CT molecular complexity index is 893. The molecule has 1 saturated heterocycles. The van der Waals surface area contributed by atoms with E-state index < -0.39 is 11.7 Å². The lowest BCUT2D eigenvalue weighted by molar-refractivity contribution is -0.115. The fraction of sp³-hybridized carbons (Fsp3) is 0. The standard InChI is InChI=1S/C17H12FN3O2S/c18-12-7-3-1-5-10(12)9-14-16(23)21-17(24-14)20-13-8-4-2-6-11(13)15(19)22/h1-9H,(H2,19,22)(H,20,21,23)/b14-9-. The minimum absolute atomic E-state index is 0.256. The van der Waals surface area contributed by atoms with E-state index in [1.165, 1.54) is 12.1 Å². The van der Waals surface area contributed by atoms with Gasteiger partial charge in [0, 0.05) is 5.56 Å². The van der Waals surface area contributed by atoms with E-state index in [1.807, 2.05) is 0 Å². The van der Waals surface area contributed by atoms with Crippen molar-refractivity contribution < 1.29 is 14.0 Å². The van der Waals surface area contributed by atoms with Crippen LogP contribution in [-0.2, 0) is 4.79 Å². The maximum Gasteiger partial charge on any atom is 0.264 e. The second-order valence-electron chi connectivity index (χ2n) is 4.88. The molecule has 0 saturated carbocycles. The Kier molecular flexibility index (Phi) is 4.43. The first kappa shape index (κ1) is 15.9. The molecule has 2 aromatic rings. The monoisotopic (exact) mass is 341 g/mol. The van der Waals surface area contributed by atoms with E-state index in [0.29, 0.717) is 21.3 Å². The number of carbonyl (C=O) groups excluding carboxylic acids is 2. The number of amides is 2. The van der Waals surface area contributed by atoms with Crippen molar-refractivity contribution in [2.24, 2.45) is 10.7 Å². The number of halogens is 1. The molecule has 1 heterocycles. The summed E-state index contributed by atoms with van der Waals surface area (Å²) in [4.78, 5) is 28.0. The molecule has 2 amide bonds. The first-order chi connectivity index (χ1) is 11.5. The van der Waals surface area contributed by atoms with Crippen molar-refractivity contribution in [3.05, 3.63) is 70.4 Å². The van der Waals surface area contributed by atoms with Crippen LogP contribution in [-0.4, -0.2) is 17.0 Å². The van der Waals surface area contributed by atoms with Gasteiger partial charge in [-0.15, -0.1) is 0 Å². The van der Waals surface area contributed by atoms with Crippen LogP contribution < -0.4 is 11.1 Å². The largest absolute Gasteiger partial charge is 0.366 e. The molecule has 3 N–H and O–H groups in total. The van der Waals surface area contributed by atoms with Gasteiger partial charge in [0.25, 0.3) is 11.8 Å². The van der Waals surface area contributed by atoms with Crippen LogP contribution in [0.15, 0.2) is 58.4 Å². The second kappa shape index (κ2) is 6.67. The van der Waals surface area contributed by atoms with Gasteiger partial charge >= 0.3 is 0 Å². The highest BCUT2D eigenvalue weighted by Gasteiger charge is 2.24. The van der Waals surface area contributed by atoms with Crippen molar-refractivity contribution in [1.82, 2.24) is 5.32 Å². The maximum absolute atomic E-state index is 13.7. The van der Waals surface area contributed by atoms with Crippen LogP contribution in [0, 0.1) is 5.82 Å². The number of nitrogens with zero attached hydrogens (tertiary/aromatic N) is 1. The van der Waals surface area contributed by atoms with Crippen LogP contribution in [0.2, 0.25) is 0 Å². The minimum atomic E-state index is -0.605. The van der Waals surface area contributed by atoms with Gasteiger partial charge in [0.2, 0.25) is 0 Å². The molecule has 3 rings (SSSR count). The van der Waals surface area contributed by atoms with Gasteiger partial charge in [-0.25, -0.2) is 9.38 Å². The van der Waals surface area contributed by atoms with Gasteiger partial charge in [0.15, 0.2) is 5.17 Å². The first-order valence-electron chi connectivity index (χ1n) is 6.97. The summed E-state index contributed by atoms with van der Waals surface area (Å²) < 4.78 is 13.7. The van der Waals surface area contributed by atoms with E-state index in [4.69, 9.17) is 5.73 Å². The third-order valence-corrected chi connectivity index (χ3v) is 4.14. The lowest BCUT2D eigenvalue weighted by Gasteiger charge is -2.01. The van der Waals surface area contributed by atoms with Gasteiger partial charge in [-0.05, 0) is 36.0 Å². The predicted molar refractivity (Wildman–Crippen MR) is 92.2 cm³/mol. The number of hydrogen-bond donors (Lipinski definition) is 2. The summed E-state index contributed by atoms with van der Waals surface area (Å²) in [5, 5.41) is 2.89. The topological polar surface area (TPSA) is 84.6 Å². The van der Waals surface area contributed by atoms with Crippen molar-refractivity contribution in [3.63, 3.8) is 0 Å². The first-order valence-corrected chi connectivity index (χ1v) is 7.79. The van der Waals surface area contributed by atoms with Gasteiger partial charge in [-0.2, -0.15) is 0 Å². The molecular formula is C17H12FN3O2S. The fourth-order valence-corrected chi connectivity index (χ4v) is 2.93. The molecule has 0 radical (unpaired) electrons. The van der Waals surface area contributed by atoms with Gasteiger partial charge in [0.05, 0.1) is 16.2 Å². The molecule has 0 bridgehead atoms. The van der Waals surface area contributed by atoms with E-state index in [0.717, 1.165) is 11.8 Å². The molecular weight excluding hydrogens is 329 g/mol. The molecule has 5 nitrogen and oxygen atoms in total. The molecule has 120 valence electrons. The Morgan fingerprint density at radius 3 is 2.62 bits per heavy atom. The number of carbonyl (C=O) groups is 2. The molecule has 0 aliphatic carbocycles. The Hall–Kier alpha value is -2.93. The van der Waals surface area contributed by atoms with Gasteiger partial charge in [-0.1, -0.05) is 30.3 Å². The summed E-state index contributed by atoms with van der Waals surface area (Å²) in [5.41, 5.74) is 6.24. The number of amidine groups is 1. The number of primary amides is 1.